The first-order valence-electron chi connectivity index (χ1n) is 5.45. The van der Waals surface area contributed by atoms with E-state index in [2.05, 4.69) is 35.0 Å². The van der Waals surface area contributed by atoms with Crippen LogP contribution in [0, 0.1) is 0 Å². The van der Waals surface area contributed by atoms with Crippen molar-refractivity contribution in [2.45, 2.75) is 19.9 Å². The summed E-state index contributed by atoms with van der Waals surface area (Å²) in [6, 6.07) is 7.87. The minimum atomic E-state index is 0.148. The number of aryl methyl sites for hydroxylation is 1. The normalized spacial score (nSPS) is 10.5. The van der Waals surface area contributed by atoms with Crippen molar-refractivity contribution in [2.75, 3.05) is 0 Å². The Kier molecular flexibility index (Phi) is 4.07. The van der Waals surface area contributed by atoms with Crippen molar-refractivity contribution in [1.29, 1.82) is 0 Å². The monoisotopic (exact) mass is 310 g/mol. The first kappa shape index (κ1) is 12.5. The lowest BCUT2D eigenvalue weighted by Crippen LogP contribution is -2.36. The maximum Gasteiger partial charge on any atom is 0.237 e. The highest BCUT2D eigenvalue weighted by molar-refractivity contribution is 9.11. The third-order valence-electron chi connectivity index (χ3n) is 2.54. The summed E-state index contributed by atoms with van der Waals surface area (Å²) in [5, 5.41) is 0. The lowest BCUT2D eigenvalue weighted by atomic mass is 10.2. The van der Waals surface area contributed by atoms with Gasteiger partial charge in [0, 0.05) is 12.1 Å². The Bertz CT molecular complexity index is 518. The van der Waals surface area contributed by atoms with Crippen molar-refractivity contribution in [3.63, 3.8) is 0 Å². The Morgan fingerprint density at radius 3 is 2.53 bits per heavy atom. The molecular formula is C13H13BrNOS+. The molecule has 0 aliphatic heterocycles. The molecule has 0 aliphatic carbocycles. The summed E-state index contributed by atoms with van der Waals surface area (Å²) in [5.74, 6) is 0.148. The van der Waals surface area contributed by atoms with E-state index in [1.54, 1.807) is 0 Å². The topological polar surface area (TPSA) is 20.9 Å². The zero-order valence-corrected chi connectivity index (χ0v) is 11.9. The fraction of sp³-hybridized carbons (Fsp3) is 0.231. The Labute approximate surface area is 113 Å². The zero-order chi connectivity index (χ0) is 12.3. The quantitative estimate of drug-likeness (QED) is 0.627. The van der Waals surface area contributed by atoms with Crippen molar-refractivity contribution in [1.82, 2.24) is 0 Å². The van der Waals surface area contributed by atoms with E-state index in [4.69, 9.17) is 0 Å². The van der Waals surface area contributed by atoms with E-state index >= 15 is 0 Å². The Balaban J connectivity index is 2.07. The van der Waals surface area contributed by atoms with Gasteiger partial charge in [-0.1, -0.05) is 6.92 Å². The van der Waals surface area contributed by atoms with Crippen LogP contribution in [0.1, 0.15) is 22.2 Å². The Hall–Kier alpha value is -1.00. The second-order valence-corrected chi connectivity index (χ2v) is 6.22. The van der Waals surface area contributed by atoms with Crippen LogP contribution in [-0.4, -0.2) is 5.78 Å². The largest absolute Gasteiger partial charge is 0.286 e. The second-order valence-electron chi connectivity index (χ2n) is 3.76. The molecular weight excluding hydrogens is 298 g/mol. The molecule has 0 atom stereocenters. The van der Waals surface area contributed by atoms with E-state index in [1.165, 1.54) is 16.9 Å². The van der Waals surface area contributed by atoms with Gasteiger partial charge in [0.05, 0.1) is 8.66 Å². The molecule has 0 saturated carbocycles. The number of hydrogen-bond acceptors (Lipinski definition) is 2. The molecule has 0 bridgehead atoms. The molecule has 2 heterocycles. The minimum absolute atomic E-state index is 0.148. The van der Waals surface area contributed by atoms with Crippen molar-refractivity contribution in [3.05, 3.63) is 50.9 Å². The number of aromatic nitrogens is 1. The molecule has 2 nitrogen and oxygen atoms in total. The molecule has 2 rings (SSSR count). The van der Waals surface area contributed by atoms with E-state index in [1.807, 2.05) is 29.1 Å². The average molecular weight is 311 g/mol. The number of rotatable bonds is 4. The number of hydrogen-bond donors (Lipinski definition) is 0. The molecule has 0 unspecified atom stereocenters. The van der Waals surface area contributed by atoms with Crippen LogP contribution < -0.4 is 4.57 Å². The maximum atomic E-state index is 12.0. The van der Waals surface area contributed by atoms with Crippen LogP contribution in [0.15, 0.2) is 40.4 Å². The van der Waals surface area contributed by atoms with Crippen LogP contribution in [0.4, 0.5) is 0 Å². The third kappa shape index (κ3) is 3.23. The summed E-state index contributed by atoms with van der Waals surface area (Å²) in [5.41, 5.74) is 1.28. The van der Waals surface area contributed by atoms with Gasteiger partial charge in [-0.3, -0.25) is 4.79 Å². The molecule has 0 aromatic carbocycles. The van der Waals surface area contributed by atoms with Gasteiger partial charge in [-0.15, -0.1) is 11.3 Å². The summed E-state index contributed by atoms with van der Waals surface area (Å²) in [7, 11) is 0. The smallest absolute Gasteiger partial charge is 0.237 e. The number of Topliss-reactive ketones (excluding diaryl/α,β-unsaturated/α-hetero) is 1. The average Bonchev–Trinajstić information content (AvgIpc) is 2.77. The molecule has 2 aromatic rings. The molecule has 88 valence electrons. The van der Waals surface area contributed by atoms with Gasteiger partial charge in [0.15, 0.2) is 12.4 Å². The molecule has 0 amide bonds. The number of carbonyl (C=O) groups is 1. The van der Waals surface area contributed by atoms with Crippen molar-refractivity contribution in [2.24, 2.45) is 0 Å². The van der Waals surface area contributed by atoms with Crippen LogP contribution in [-0.2, 0) is 13.0 Å². The molecule has 0 aliphatic rings. The summed E-state index contributed by atoms with van der Waals surface area (Å²) in [6.45, 7) is 2.52. The van der Waals surface area contributed by atoms with E-state index in [0.29, 0.717) is 6.54 Å². The SMILES string of the molecule is CCc1cc[n+](CC(=O)c2ccc(Br)s2)cc1. The molecule has 4 heteroatoms. The lowest BCUT2D eigenvalue weighted by Gasteiger charge is -1.96. The van der Waals surface area contributed by atoms with Gasteiger partial charge < -0.3 is 0 Å². The predicted octanol–water partition coefficient (Wildman–Crippen LogP) is 3.24. The zero-order valence-electron chi connectivity index (χ0n) is 9.52. The standard InChI is InChI=1S/C13H13BrNOS/c1-2-10-5-7-15(8-6-10)9-11(16)12-3-4-13(14)17-12/h3-8H,2,9H2,1H3/q+1. The van der Waals surface area contributed by atoms with Gasteiger partial charge in [-0.05, 0) is 40.0 Å². The summed E-state index contributed by atoms with van der Waals surface area (Å²) < 4.78 is 2.90. The molecule has 0 fully saturated rings. The fourth-order valence-electron chi connectivity index (χ4n) is 1.54. The minimum Gasteiger partial charge on any atom is -0.286 e. The highest BCUT2D eigenvalue weighted by Crippen LogP contribution is 2.22. The Morgan fingerprint density at radius 1 is 1.29 bits per heavy atom. The second kappa shape index (κ2) is 5.56. The van der Waals surface area contributed by atoms with E-state index < -0.39 is 0 Å². The van der Waals surface area contributed by atoms with E-state index in [0.717, 1.165) is 15.1 Å². The van der Waals surface area contributed by atoms with Gasteiger partial charge >= 0.3 is 0 Å². The van der Waals surface area contributed by atoms with Crippen LogP contribution >= 0.6 is 27.3 Å². The first-order valence-corrected chi connectivity index (χ1v) is 7.06. The van der Waals surface area contributed by atoms with Gasteiger partial charge in [-0.25, -0.2) is 0 Å². The van der Waals surface area contributed by atoms with Gasteiger partial charge in [-0.2, -0.15) is 4.57 Å². The number of thiophene rings is 1. The highest BCUT2D eigenvalue weighted by atomic mass is 79.9. The molecule has 0 N–H and O–H groups in total. The van der Waals surface area contributed by atoms with Crippen LogP contribution in [0.25, 0.3) is 0 Å². The van der Waals surface area contributed by atoms with Crippen molar-refractivity contribution < 1.29 is 9.36 Å². The summed E-state index contributed by atoms with van der Waals surface area (Å²) in [4.78, 5) is 12.7. The third-order valence-corrected chi connectivity index (χ3v) is 4.21. The molecule has 2 aromatic heterocycles. The Morgan fingerprint density at radius 2 is 2.00 bits per heavy atom. The molecule has 0 saturated heterocycles. The van der Waals surface area contributed by atoms with Crippen molar-refractivity contribution >= 4 is 33.0 Å². The first-order chi connectivity index (χ1) is 8.19. The molecule has 0 spiro atoms. The highest BCUT2D eigenvalue weighted by Gasteiger charge is 2.13. The lowest BCUT2D eigenvalue weighted by molar-refractivity contribution is -0.683. The van der Waals surface area contributed by atoms with E-state index in [9.17, 15) is 4.79 Å². The number of nitrogens with zero attached hydrogens (tertiary/aromatic N) is 1. The number of pyridine rings is 1. The summed E-state index contributed by atoms with van der Waals surface area (Å²) in [6.07, 6.45) is 4.94. The number of halogens is 1. The number of carbonyl (C=O) groups excluding carboxylic acids is 1. The molecule has 17 heavy (non-hydrogen) atoms. The predicted molar refractivity (Wildman–Crippen MR) is 72.4 cm³/mol. The molecule has 0 radical (unpaired) electrons. The van der Waals surface area contributed by atoms with Gasteiger partial charge in [0.25, 0.3) is 0 Å². The van der Waals surface area contributed by atoms with Crippen LogP contribution in [0.5, 0.6) is 0 Å². The number of ketones is 1. The summed E-state index contributed by atoms with van der Waals surface area (Å²) >= 11 is 4.84. The van der Waals surface area contributed by atoms with Crippen LogP contribution in [0.2, 0.25) is 0 Å². The van der Waals surface area contributed by atoms with Gasteiger partial charge in [0.2, 0.25) is 12.3 Å². The van der Waals surface area contributed by atoms with Gasteiger partial charge in [0.1, 0.15) is 0 Å². The van der Waals surface area contributed by atoms with E-state index in [-0.39, 0.29) is 5.78 Å². The maximum absolute atomic E-state index is 12.0. The van der Waals surface area contributed by atoms with Crippen LogP contribution in [0.3, 0.4) is 0 Å². The van der Waals surface area contributed by atoms with Crippen molar-refractivity contribution in [3.8, 4) is 0 Å². The fourth-order valence-corrected chi connectivity index (χ4v) is 2.85.